The molecule has 0 N–H and O–H groups in total. The molecule has 0 aromatic heterocycles. The highest BCUT2D eigenvalue weighted by Crippen LogP contribution is 2.28. The van der Waals surface area contributed by atoms with Crippen molar-refractivity contribution in [1.82, 2.24) is 0 Å². The molecule has 13 heavy (non-hydrogen) atoms. The molecule has 1 aromatic carbocycles. The second kappa shape index (κ2) is 2.73. The Bertz CT molecular complexity index is 425. The molecule has 0 saturated heterocycles. The van der Waals surface area contributed by atoms with Gasteiger partial charge in [-0.3, -0.25) is 0 Å². The zero-order chi connectivity index (χ0) is 9.47. The number of nitrogens with zero attached hydrogens (tertiary/aromatic N) is 1. The van der Waals surface area contributed by atoms with Gasteiger partial charge < -0.3 is 4.90 Å². The molecule has 0 spiro atoms. The molecule has 70 valence electrons. The number of rotatable bonds is 0. The van der Waals surface area contributed by atoms with Crippen LogP contribution in [0, 0.1) is 0 Å². The molecule has 1 aliphatic rings. The Hall–Kier alpha value is -1.03. The minimum atomic E-state index is -3.02. The van der Waals surface area contributed by atoms with Crippen molar-refractivity contribution in [3.63, 3.8) is 0 Å². The highest BCUT2D eigenvalue weighted by Gasteiger charge is 2.25. The predicted octanol–water partition coefficient (Wildman–Crippen LogP) is 0.910. The number of anilines is 1. The van der Waals surface area contributed by atoms with E-state index in [1.165, 1.54) is 0 Å². The molecule has 0 amide bonds. The van der Waals surface area contributed by atoms with Gasteiger partial charge in [0.2, 0.25) is 0 Å². The van der Waals surface area contributed by atoms with E-state index in [2.05, 4.69) is 0 Å². The van der Waals surface area contributed by atoms with E-state index in [1.54, 1.807) is 12.1 Å². The average Bonchev–Trinajstić information content (AvgIpc) is 2.13. The average molecular weight is 197 g/mol. The van der Waals surface area contributed by atoms with Gasteiger partial charge in [-0.15, -0.1) is 0 Å². The van der Waals surface area contributed by atoms with Gasteiger partial charge in [0, 0.05) is 13.6 Å². The second-order valence-electron chi connectivity index (χ2n) is 3.21. The Morgan fingerprint density at radius 1 is 1.31 bits per heavy atom. The first-order chi connectivity index (χ1) is 6.11. The first-order valence-electron chi connectivity index (χ1n) is 4.14. The lowest BCUT2D eigenvalue weighted by Crippen LogP contribution is -2.31. The molecule has 1 aliphatic heterocycles. The van der Waals surface area contributed by atoms with Gasteiger partial charge in [-0.05, 0) is 12.1 Å². The summed E-state index contributed by atoms with van der Waals surface area (Å²) in [5.74, 6) is 0.223. The van der Waals surface area contributed by atoms with E-state index >= 15 is 0 Å². The fraction of sp³-hybridized carbons (Fsp3) is 0.333. The lowest BCUT2D eigenvalue weighted by molar-refractivity contribution is 0.591. The number of hydrogen-bond donors (Lipinski definition) is 0. The largest absolute Gasteiger partial charge is 0.373 e. The SMILES string of the molecule is CN1CCS(=O)(=O)c2ccccc21. The molecule has 3 nitrogen and oxygen atoms in total. The molecule has 0 fully saturated rings. The summed E-state index contributed by atoms with van der Waals surface area (Å²) in [5.41, 5.74) is 0.814. The van der Waals surface area contributed by atoms with Crippen molar-refractivity contribution in [2.24, 2.45) is 0 Å². The van der Waals surface area contributed by atoms with E-state index in [0.717, 1.165) is 5.69 Å². The maximum Gasteiger partial charge on any atom is 0.182 e. The summed E-state index contributed by atoms with van der Waals surface area (Å²) < 4.78 is 23.2. The number of hydrogen-bond acceptors (Lipinski definition) is 3. The van der Waals surface area contributed by atoms with Crippen LogP contribution in [0.25, 0.3) is 0 Å². The summed E-state index contributed by atoms with van der Waals surface area (Å²) in [5, 5.41) is 0. The molecule has 1 aromatic rings. The Morgan fingerprint density at radius 2 is 2.00 bits per heavy atom. The Balaban J connectivity index is 2.68. The van der Waals surface area contributed by atoms with E-state index in [0.29, 0.717) is 11.4 Å². The third-order valence-corrected chi connectivity index (χ3v) is 4.04. The fourth-order valence-electron chi connectivity index (χ4n) is 1.52. The highest BCUT2D eigenvalue weighted by atomic mass is 32.2. The number of benzene rings is 1. The van der Waals surface area contributed by atoms with Crippen LogP contribution >= 0.6 is 0 Å². The van der Waals surface area contributed by atoms with Gasteiger partial charge in [0.15, 0.2) is 9.84 Å². The highest BCUT2D eigenvalue weighted by molar-refractivity contribution is 7.91. The van der Waals surface area contributed by atoms with Gasteiger partial charge in [-0.25, -0.2) is 8.42 Å². The van der Waals surface area contributed by atoms with Gasteiger partial charge in [0.1, 0.15) is 0 Å². The summed E-state index contributed by atoms with van der Waals surface area (Å²) in [4.78, 5) is 2.43. The van der Waals surface area contributed by atoms with Crippen LogP contribution in [-0.4, -0.2) is 27.8 Å². The number of sulfone groups is 1. The lowest BCUT2D eigenvalue weighted by Gasteiger charge is -2.26. The maximum atomic E-state index is 11.6. The van der Waals surface area contributed by atoms with Crippen LogP contribution in [0.5, 0.6) is 0 Å². The van der Waals surface area contributed by atoms with E-state index < -0.39 is 9.84 Å². The summed E-state index contributed by atoms with van der Waals surface area (Å²) >= 11 is 0. The first-order valence-corrected chi connectivity index (χ1v) is 5.79. The van der Waals surface area contributed by atoms with E-state index in [1.807, 2.05) is 24.1 Å². The van der Waals surface area contributed by atoms with E-state index in [-0.39, 0.29) is 5.75 Å². The van der Waals surface area contributed by atoms with Crippen LogP contribution in [0.4, 0.5) is 5.69 Å². The summed E-state index contributed by atoms with van der Waals surface area (Å²) in [6, 6.07) is 7.12. The van der Waals surface area contributed by atoms with Gasteiger partial charge in [0.25, 0.3) is 0 Å². The van der Waals surface area contributed by atoms with Crippen molar-refractivity contribution in [2.75, 3.05) is 24.2 Å². The van der Waals surface area contributed by atoms with Gasteiger partial charge in [-0.2, -0.15) is 0 Å². The van der Waals surface area contributed by atoms with Crippen LogP contribution in [0.2, 0.25) is 0 Å². The van der Waals surface area contributed by atoms with Gasteiger partial charge in [0.05, 0.1) is 16.3 Å². The minimum Gasteiger partial charge on any atom is -0.373 e. The fourth-order valence-corrected chi connectivity index (χ4v) is 3.09. The van der Waals surface area contributed by atoms with Crippen molar-refractivity contribution in [1.29, 1.82) is 0 Å². The molecular weight excluding hydrogens is 186 g/mol. The third-order valence-electron chi connectivity index (χ3n) is 2.31. The van der Waals surface area contributed by atoms with E-state index in [9.17, 15) is 8.42 Å². The molecule has 0 saturated carbocycles. The van der Waals surface area contributed by atoms with Crippen LogP contribution in [0.1, 0.15) is 0 Å². The summed E-state index contributed by atoms with van der Waals surface area (Å²) in [7, 11) is -1.11. The van der Waals surface area contributed by atoms with Crippen LogP contribution in [0.15, 0.2) is 29.2 Å². The summed E-state index contributed by atoms with van der Waals surface area (Å²) in [6.07, 6.45) is 0. The van der Waals surface area contributed by atoms with Crippen molar-refractivity contribution in [3.05, 3.63) is 24.3 Å². The molecule has 2 rings (SSSR count). The maximum absolute atomic E-state index is 11.6. The van der Waals surface area contributed by atoms with Crippen molar-refractivity contribution in [3.8, 4) is 0 Å². The molecule has 4 heteroatoms. The van der Waals surface area contributed by atoms with Crippen molar-refractivity contribution in [2.45, 2.75) is 4.90 Å². The molecule has 0 radical (unpaired) electrons. The lowest BCUT2D eigenvalue weighted by atomic mass is 10.3. The summed E-state index contributed by atoms with van der Waals surface area (Å²) in [6.45, 7) is 0.583. The quantitative estimate of drug-likeness (QED) is 0.620. The number of fused-ring (bicyclic) bond motifs is 1. The molecular formula is C9H11NO2S. The van der Waals surface area contributed by atoms with Gasteiger partial charge in [-0.1, -0.05) is 12.1 Å². The zero-order valence-corrected chi connectivity index (χ0v) is 8.21. The van der Waals surface area contributed by atoms with Crippen molar-refractivity contribution >= 4 is 15.5 Å². The van der Waals surface area contributed by atoms with Crippen molar-refractivity contribution < 1.29 is 8.42 Å². The molecule has 0 bridgehead atoms. The van der Waals surface area contributed by atoms with Gasteiger partial charge >= 0.3 is 0 Å². The zero-order valence-electron chi connectivity index (χ0n) is 7.40. The topological polar surface area (TPSA) is 37.4 Å². The predicted molar refractivity (Wildman–Crippen MR) is 51.8 cm³/mol. The van der Waals surface area contributed by atoms with E-state index in [4.69, 9.17) is 0 Å². The Kier molecular flexibility index (Phi) is 1.80. The first kappa shape index (κ1) is 8.56. The molecule has 0 aliphatic carbocycles. The molecule has 0 atom stereocenters. The van der Waals surface area contributed by atoms with Crippen LogP contribution < -0.4 is 4.90 Å². The Labute approximate surface area is 77.9 Å². The minimum absolute atomic E-state index is 0.223. The monoisotopic (exact) mass is 197 g/mol. The standard InChI is InChI=1S/C9H11NO2S/c1-10-6-7-13(11,12)9-5-3-2-4-8(9)10/h2-5H,6-7H2,1H3. The second-order valence-corrected chi connectivity index (χ2v) is 5.29. The molecule has 0 unspecified atom stereocenters. The Morgan fingerprint density at radius 3 is 2.69 bits per heavy atom. The smallest absolute Gasteiger partial charge is 0.182 e. The normalized spacial score (nSPS) is 19.6. The third kappa shape index (κ3) is 1.31. The molecule has 1 heterocycles. The number of para-hydroxylation sites is 1. The van der Waals surface area contributed by atoms with Crippen LogP contribution in [0.3, 0.4) is 0 Å². The van der Waals surface area contributed by atoms with Crippen LogP contribution in [-0.2, 0) is 9.84 Å².